The molecule has 0 saturated heterocycles. The summed E-state index contributed by atoms with van der Waals surface area (Å²) in [5.41, 5.74) is 7.13. The van der Waals surface area contributed by atoms with Crippen LogP contribution < -0.4 is 11.1 Å². The topological polar surface area (TPSA) is 108 Å². The summed E-state index contributed by atoms with van der Waals surface area (Å²) >= 11 is 0. The molecule has 0 heterocycles. The number of hydrogen-bond donors (Lipinski definition) is 2. The third-order valence-corrected chi connectivity index (χ3v) is 5.92. The standard InChI is InChI=1S/C31H26F2N2O5/c32-26-12-7-13-27(33)25(26)17-28(34)29(36)35-24-15-22(30(37)39-18-20-8-3-1-4-9-20)14-23(16-24)31(38)40-19-21-10-5-2-6-11-21/h1-16,28H,17-19,34H2,(H,35,36)/t28-/m1/s1. The Hall–Kier alpha value is -4.89. The van der Waals surface area contributed by atoms with Gasteiger partial charge in [-0.25, -0.2) is 18.4 Å². The van der Waals surface area contributed by atoms with Crippen molar-refractivity contribution in [2.45, 2.75) is 25.7 Å². The number of nitrogens with two attached hydrogens (primary N) is 1. The average molecular weight is 545 g/mol. The molecule has 0 aromatic heterocycles. The van der Waals surface area contributed by atoms with E-state index in [1.807, 2.05) is 12.1 Å². The highest BCUT2D eigenvalue weighted by molar-refractivity contribution is 6.00. The second-order valence-electron chi connectivity index (χ2n) is 8.92. The number of rotatable bonds is 10. The van der Waals surface area contributed by atoms with Gasteiger partial charge in [-0.15, -0.1) is 0 Å². The van der Waals surface area contributed by atoms with Crippen molar-refractivity contribution >= 4 is 23.5 Å². The smallest absolute Gasteiger partial charge is 0.338 e. The summed E-state index contributed by atoms with van der Waals surface area (Å²) in [6, 6.07) is 24.0. The SMILES string of the molecule is N[C@H](Cc1c(F)cccc1F)C(=O)Nc1cc(C(=O)OCc2ccccc2)cc(C(=O)OCc2ccccc2)c1. The molecule has 0 fully saturated rings. The van der Waals surface area contributed by atoms with Gasteiger partial charge in [-0.2, -0.15) is 0 Å². The quantitative estimate of drug-likeness (QED) is 0.266. The van der Waals surface area contributed by atoms with Gasteiger partial charge in [0.05, 0.1) is 17.2 Å². The molecular weight excluding hydrogens is 518 g/mol. The first kappa shape index (κ1) is 28.1. The summed E-state index contributed by atoms with van der Waals surface area (Å²) in [4.78, 5) is 38.5. The zero-order valence-corrected chi connectivity index (χ0v) is 21.3. The minimum absolute atomic E-state index is 0.0108. The zero-order valence-electron chi connectivity index (χ0n) is 21.3. The lowest BCUT2D eigenvalue weighted by Crippen LogP contribution is -2.38. The third-order valence-electron chi connectivity index (χ3n) is 5.92. The van der Waals surface area contributed by atoms with Gasteiger partial charge in [-0.3, -0.25) is 4.79 Å². The summed E-state index contributed by atoms with van der Waals surface area (Å²) in [5.74, 6) is -3.91. The van der Waals surface area contributed by atoms with Gasteiger partial charge < -0.3 is 20.5 Å². The van der Waals surface area contributed by atoms with Crippen LogP contribution in [-0.2, 0) is 33.9 Å². The number of hydrogen-bond acceptors (Lipinski definition) is 6. The van der Waals surface area contributed by atoms with Crippen LogP contribution in [0, 0.1) is 11.6 Å². The van der Waals surface area contributed by atoms with E-state index in [4.69, 9.17) is 15.2 Å². The highest BCUT2D eigenvalue weighted by Gasteiger charge is 2.21. The van der Waals surface area contributed by atoms with Gasteiger partial charge in [0.2, 0.25) is 5.91 Å². The number of anilines is 1. The molecule has 0 saturated carbocycles. The van der Waals surface area contributed by atoms with Crippen LogP contribution in [0.1, 0.15) is 37.4 Å². The number of carbonyl (C=O) groups is 3. The van der Waals surface area contributed by atoms with E-state index in [0.717, 1.165) is 23.3 Å². The van der Waals surface area contributed by atoms with E-state index in [0.29, 0.717) is 0 Å². The minimum Gasteiger partial charge on any atom is -0.457 e. The van der Waals surface area contributed by atoms with E-state index in [2.05, 4.69) is 5.32 Å². The second-order valence-corrected chi connectivity index (χ2v) is 8.92. The maximum atomic E-state index is 14.0. The first-order chi connectivity index (χ1) is 19.3. The predicted octanol–water partition coefficient (Wildman–Crippen LogP) is 5.19. The maximum Gasteiger partial charge on any atom is 0.338 e. The Morgan fingerprint density at radius 1 is 0.700 bits per heavy atom. The number of ether oxygens (including phenoxy) is 2. The molecule has 4 rings (SSSR count). The van der Waals surface area contributed by atoms with Gasteiger partial charge >= 0.3 is 11.9 Å². The lowest BCUT2D eigenvalue weighted by atomic mass is 10.0. The predicted molar refractivity (Wildman–Crippen MR) is 144 cm³/mol. The van der Waals surface area contributed by atoms with Gasteiger partial charge in [0.15, 0.2) is 0 Å². The van der Waals surface area contributed by atoms with Crippen LogP contribution in [0.4, 0.5) is 14.5 Å². The van der Waals surface area contributed by atoms with Gasteiger partial charge in [0.25, 0.3) is 0 Å². The zero-order chi connectivity index (χ0) is 28.5. The molecule has 0 radical (unpaired) electrons. The van der Waals surface area contributed by atoms with Crippen molar-refractivity contribution in [1.82, 2.24) is 0 Å². The summed E-state index contributed by atoms with van der Waals surface area (Å²) < 4.78 is 38.8. The fourth-order valence-electron chi connectivity index (χ4n) is 3.82. The Labute approximate surface area is 229 Å². The lowest BCUT2D eigenvalue weighted by molar-refractivity contribution is -0.117. The van der Waals surface area contributed by atoms with E-state index >= 15 is 0 Å². The van der Waals surface area contributed by atoms with Crippen LogP contribution in [0.2, 0.25) is 0 Å². The van der Waals surface area contributed by atoms with Crippen molar-refractivity contribution in [1.29, 1.82) is 0 Å². The Morgan fingerprint density at radius 2 is 1.18 bits per heavy atom. The Balaban J connectivity index is 1.53. The monoisotopic (exact) mass is 544 g/mol. The van der Waals surface area contributed by atoms with E-state index in [1.165, 1.54) is 24.3 Å². The number of amides is 1. The Morgan fingerprint density at radius 3 is 1.65 bits per heavy atom. The van der Waals surface area contributed by atoms with Crippen molar-refractivity contribution in [2.75, 3.05) is 5.32 Å². The van der Waals surface area contributed by atoms with Crippen LogP contribution in [0.25, 0.3) is 0 Å². The van der Waals surface area contributed by atoms with Gasteiger partial charge in [0, 0.05) is 17.7 Å². The average Bonchev–Trinajstić information content (AvgIpc) is 2.97. The molecule has 4 aromatic rings. The van der Waals surface area contributed by atoms with E-state index < -0.39 is 41.9 Å². The van der Waals surface area contributed by atoms with Crippen LogP contribution in [0.15, 0.2) is 97.1 Å². The molecule has 3 N–H and O–H groups in total. The molecule has 0 bridgehead atoms. The van der Waals surface area contributed by atoms with Gasteiger partial charge in [-0.1, -0.05) is 66.7 Å². The first-order valence-electron chi connectivity index (χ1n) is 12.4. The molecule has 1 atom stereocenters. The minimum atomic E-state index is -1.33. The maximum absolute atomic E-state index is 14.0. The van der Waals surface area contributed by atoms with E-state index in [-0.39, 0.29) is 35.6 Å². The molecule has 1 amide bonds. The lowest BCUT2D eigenvalue weighted by Gasteiger charge is -2.15. The second kappa shape index (κ2) is 13.3. The van der Waals surface area contributed by atoms with Crippen LogP contribution in [0.3, 0.4) is 0 Å². The molecule has 0 aliphatic rings. The first-order valence-corrected chi connectivity index (χ1v) is 12.4. The largest absolute Gasteiger partial charge is 0.457 e. The molecular formula is C31H26F2N2O5. The Kier molecular flexibility index (Phi) is 9.32. The molecule has 0 spiro atoms. The van der Waals surface area contributed by atoms with Crippen molar-refractivity contribution in [2.24, 2.45) is 5.73 Å². The number of carbonyl (C=O) groups excluding carboxylic acids is 3. The van der Waals surface area contributed by atoms with Crippen molar-refractivity contribution in [3.05, 3.63) is 137 Å². The van der Waals surface area contributed by atoms with E-state index in [9.17, 15) is 23.2 Å². The fourth-order valence-corrected chi connectivity index (χ4v) is 3.82. The molecule has 204 valence electrons. The van der Waals surface area contributed by atoms with Crippen molar-refractivity contribution in [3.63, 3.8) is 0 Å². The third kappa shape index (κ3) is 7.58. The molecule has 7 nitrogen and oxygen atoms in total. The molecule has 0 aliphatic heterocycles. The van der Waals surface area contributed by atoms with Crippen molar-refractivity contribution < 1.29 is 32.6 Å². The summed E-state index contributed by atoms with van der Waals surface area (Å²) in [7, 11) is 0. The number of esters is 2. The van der Waals surface area contributed by atoms with Gasteiger partial charge in [0.1, 0.15) is 24.8 Å². The number of benzene rings is 4. The molecule has 0 aliphatic carbocycles. The van der Waals surface area contributed by atoms with E-state index in [1.54, 1.807) is 48.5 Å². The normalized spacial score (nSPS) is 11.4. The van der Waals surface area contributed by atoms with Crippen LogP contribution >= 0.6 is 0 Å². The summed E-state index contributed by atoms with van der Waals surface area (Å²) in [6.45, 7) is -0.0216. The number of halogens is 2. The van der Waals surface area contributed by atoms with Crippen LogP contribution in [0.5, 0.6) is 0 Å². The van der Waals surface area contributed by atoms with Gasteiger partial charge in [-0.05, 0) is 41.5 Å². The summed E-state index contributed by atoms with van der Waals surface area (Å²) in [6.07, 6.45) is -0.408. The highest BCUT2D eigenvalue weighted by atomic mass is 19.1. The number of nitrogens with one attached hydrogen (secondary N) is 1. The highest BCUT2D eigenvalue weighted by Crippen LogP contribution is 2.20. The molecule has 40 heavy (non-hydrogen) atoms. The molecule has 0 unspecified atom stereocenters. The van der Waals surface area contributed by atoms with Crippen LogP contribution in [-0.4, -0.2) is 23.9 Å². The summed E-state index contributed by atoms with van der Waals surface area (Å²) in [5, 5.41) is 2.51. The molecule has 4 aromatic carbocycles. The molecule has 9 heteroatoms. The van der Waals surface area contributed by atoms with Crippen molar-refractivity contribution in [3.8, 4) is 0 Å². The Bertz CT molecular complexity index is 1400. The fraction of sp³-hybridized carbons (Fsp3) is 0.129.